The molecule has 1 unspecified atom stereocenters. The van der Waals surface area contributed by atoms with Crippen molar-refractivity contribution in [1.29, 1.82) is 0 Å². The molecule has 1 aromatic carbocycles. The van der Waals surface area contributed by atoms with E-state index < -0.39 is 10.0 Å². The molecule has 28 heavy (non-hydrogen) atoms. The molecule has 8 nitrogen and oxygen atoms in total. The fraction of sp³-hybridized carbons (Fsp3) is 0.316. The van der Waals surface area contributed by atoms with Crippen molar-refractivity contribution in [1.82, 2.24) is 24.5 Å². The maximum Gasteiger partial charge on any atom is 0.243 e. The smallest absolute Gasteiger partial charge is 0.243 e. The van der Waals surface area contributed by atoms with Crippen molar-refractivity contribution in [3.8, 4) is 17.1 Å². The van der Waals surface area contributed by atoms with Crippen molar-refractivity contribution in [3.63, 3.8) is 0 Å². The van der Waals surface area contributed by atoms with Crippen LogP contribution in [0.5, 0.6) is 5.75 Å². The molecule has 3 heterocycles. The molecule has 0 bridgehead atoms. The van der Waals surface area contributed by atoms with E-state index in [0.717, 1.165) is 18.4 Å². The van der Waals surface area contributed by atoms with Crippen LogP contribution in [0.3, 0.4) is 0 Å². The fourth-order valence-corrected chi connectivity index (χ4v) is 5.11. The summed E-state index contributed by atoms with van der Waals surface area (Å²) in [5.41, 5.74) is 0.829. The largest absolute Gasteiger partial charge is 0.497 e. The average molecular weight is 399 g/mol. The maximum atomic E-state index is 13.3. The van der Waals surface area contributed by atoms with Gasteiger partial charge in [-0.1, -0.05) is 12.5 Å². The monoisotopic (exact) mass is 399 g/mol. The average Bonchev–Trinajstić information content (AvgIpc) is 3.24. The number of piperidine rings is 1. The Morgan fingerprint density at radius 2 is 2.00 bits per heavy atom. The summed E-state index contributed by atoms with van der Waals surface area (Å²) in [6, 6.07) is 9.80. The number of methoxy groups -OCH3 is 1. The van der Waals surface area contributed by atoms with Crippen LogP contribution in [-0.2, 0) is 10.0 Å². The molecule has 2 aromatic heterocycles. The third kappa shape index (κ3) is 3.50. The number of hydrogen-bond acceptors (Lipinski definition) is 6. The van der Waals surface area contributed by atoms with Gasteiger partial charge in [-0.15, -0.1) is 0 Å². The number of pyridine rings is 1. The molecule has 9 heteroatoms. The number of nitrogens with one attached hydrogen (secondary N) is 1. The SMILES string of the molecule is COc1cccc(S(=O)(=O)N2CCCCC2c2nc(-c3ccncc3)n[nH]2)c1. The fourth-order valence-electron chi connectivity index (χ4n) is 3.42. The normalized spacial score (nSPS) is 18.1. The topological polar surface area (TPSA) is 101 Å². The lowest BCUT2D eigenvalue weighted by molar-refractivity contribution is 0.247. The van der Waals surface area contributed by atoms with Crippen LogP contribution >= 0.6 is 0 Å². The van der Waals surface area contributed by atoms with Crippen molar-refractivity contribution in [3.05, 3.63) is 54.6 Å². The molecule has 1 aliphatic heterocycles. The number of H-pyrrole nitrogens is 1. The van der Waals surface area contributed by atoms with Crippen LogP contribution in [0, 0.1) is 0 Å². The van der Waals surface area contributed by atoms with Crippen LogP contribution < -0.4 is 4.74 Å². The van der Waals surface area contributed by atoms with Crippen molar-refractivity contribution in [2.75, 3.05) is 13.7 Å². The zero-order valence-corrected chi connectivity index (χ0v) is 16.3. The van der Waals surface area contributed by atoms with Crippen LogP contribution in [0.1, 0.15) is 31.1 Å². The lowest BCUT2D eigenvalue weighted by Crippen LogP contribution is -2.39. The van der Waals surface area contributed by atoms with Gasteiger partial charge >= 0.3 is 0 Å². The number of sulfonamides is 1. The van der Waals surface area contributed by atoms with Crippen molar-refractivity contribution in [2.24, 2.45) is 0 Å². The summed E-state index contributed by atoms with van der Waals surface area (Å²) < 4.78 is 33.3. The van der Waals surface area contributed by atoms with E-state index in [0.29, 0.717) is 30.4 Å². The van der Waals surface area contributed by atoms with Gasteiger partial charge in [-0.05, 0) is 37.1 Å². The Balaban J connectivity index is 1.68. The van der Waals surface area contributed by atoms with Crippen LogP contribution in [0.15, 0.2) is 53.7 Å². The summed E-state index contributed by atoms with van der Waals surface area (Å²) in [7, 11) is -2.17. The molecule has 1 aliphatic rings. The van der Waals surface area contributed by atoms with Crippen molar-refractivity contribution >= 4 is 10.0 Å². The molecular formula is C19H21N5O3S. The van der Waals surface area contributed by atoms with Crippen LogP contribution in [0.4, 0.5) is 0 Å². The molecule has 1 N–H and O–H groups in total. The Kier molecular flexibility index (Phi) is 5.10. The molecule has 1 atom stereocenters. The van der Waals surface area contributed by atoms with Crippen LogP contribution in [0.25, 0.3) is 11.4 Å². The van der Waals surface area contributed by atoms with Gasteiger partial charge in [-0.2, -0.15) is 9.40 Å². The summed E-state index contributed by atoms with van der Waals surface area (Å²) in [5.74, 6) is 1.59. The first kappa shape index (κ1) is 18.6. The van der Waals surface area contributed by atoms with E-state index in [1.807, 2.05) is 12.1 Å². The Morgan fingerprint density at radius 1 is 1.18 bits per heavy atom. The molecule has 4 rings (SSSR count). The molecule has 0 amide bonds. The number of aromatic nitrogens is 4. The Hall–Kier alpha value is -2.78. The number of ether oxygens (including phenoxy) is 1. The molecule has 1 fully saturated rings. The van der Waals surface area contributed by atoms with Gasteiger partial charge in [0.1, 0.15) is 11.6 Å². The molecule has 0 aliphatic carbocycles. The minimum atomic E-state index is -3.69. The Bertz CT molecular complexity index is 1050. The van der Waals surface area contributed by atoms with Gasteiger partial charge in [0.15, 0.2) is 5.82 Å². The summed E-state index contributed by atoms with van der Waals surface area (Å²) in [6.45, 7) is 0.440. The van der Waals surface area contributed by atoms with Crippen molar-refractivity contribution < 1.29 is 13.2 Å². The highest BCUT2D eigenvalue weighted by Gasteiger charge is 2.36. The predicted octanol–water partition coefficient (Wildman–Crippen LogP) is 2.79. The van der Waals surface area contributed by atoms with Crippen molar-refractivity contribution in [2.45, 2.75) is 30.2 Å². The van der Waals surface area contributed by atoms with E-state index in [1.54, 1.807) is 36.7 Å². The van der Waals surface area contributed by atoms with Gasteiger partial charge in [-0.25, -0.2) is 13.4 Å². The van der Waals surface area contributed by atoms with E-state index in [2.05, 4.69) is 20.2 Å². The summed E-state index contributed by atoms with van der Waals surface area (Å²) in [4.78, 5) is 8.78. The van der Waals surface area contributed by atoms with Gasteiger partial charge < -0.3 is 4.74 Å². The number of aromatic amines is 1. The zero-order valence-electron chi connectivity index (χ0n) is 15.4. The highest BCUT2D eigenvalue weighted by Crippen LogP contribution is 2.35. The molecule has 0 saturated carbocycles. The lowest BCUT2D eigenvalue weighted by Gasteiger charge is -2.33. The summed E-state index contributed by atoms with van der Waals surface area (Å²) in [5, 5.41) is 7.21. The zero-order chi connectivity index (χ0) is 19.6. The van der Waals surface area contributed by atoms with Crippen LogP contribution in [0.2, 0.25) is 0 Å². The van der Waals surface area contributed by atoms with Gasteiger partial charge in [0, 0.05) is 30.6 Å². The molecule has 0 spiro atoms. The molecule has 146 valence electrons. The number of benzene rings is 1. The minimum Gasteiger partial charge on any atom is -0.497 e. The van der Waals surface area contributed by atoms with E-state index in [4.69, 9.17) is 4.74 Å². The quantitative estimate of drug-likeness (QED) is 0.708. The number of rotatable bonds is 5. The predicted molar refractivity (Wildman–Crippen MR) is 103 cm³/mol. The lowest BCUT2D eigenvalue weighted by atomic mass is 10.0. The molecular weight excluding hydrogens is 378 g/mol. The van der Waals surface area contributed by atoms with Crippen LogP contribution in [-0.4, -0.2) is 46.5 Å². The first-order valence-corrected chi connectivity index (χ1v) is 10.5. The molecule has 0 radical (unpaired) electrons. The molecule has 3 aromatic rings. The minimum absolute atomic E-state index is 0.215. The highest BCUT2D eigenvalue weighted by molar-refractivity contribution is 7.89. The molecule has 1 saturated heterocycles. The van der Waals surface area contributed by atoms with Gasteiger partial charge in [-0.3, -0.25) is 10.1 Å². The third-order valence-electron chi connectivity index (χ3n) is 4.86. The second-order valence-electron chi connectivity index (χ2n) is 6.59. The Morgan fingerprint density at radius 3 is 2.79 bits per heavy atom. The second-order valence-corrected chi connectivity index (χ2v) is 8.48. The first-order chi connectivity index (χ1) is 13.6. The van der Waals surface area contributed by atoms with Gasteiger partial charge in [0.2, 0.25) is 10.0 Å². The second kappa shape index (κ2) is 7.69. The maximum absolute atomic E-state index is 13.3. The highest BCUT2D eigenvalue weighted by atomic mass is 32.2. The van der Waals surface area contributed by atoms with E-state index >= 15 is 0 Å². The summed E-state index contributed by atoms with van der Waals surface area (Å²) in [6.07, 6.45) is 5.77. The van der Waals surface area contributed by atoms with E-state index in [9.17, 15) is 8.42 Å². The summed E-state index contributed by atoms with van der Waals surface area (Å²) >= 11 is 0. The number of hydrogen-bond donors (Lipinski definition) is 1. The van der Waals surface area contributed by atoms with Gasteiger partial charge in [0.05, 0.1) is 18.0 Å². The number of nitrogens with zero attached hydrogens (tertiary/aromatic N) is 4. The standard InChI is InChI=1S/C19H21N5O3S/c1-27-15-5-4-6-16(13-15)28(25,26)24-12-3-2-7-17(24)19-21-18(22-23-19)14-8-10-20-11-9-14/h4-6,8-11,13,17H,2-3,7,12H2,1H3,(H,21,22,23). The van der Waals surface area contributed by atoms with E-state index in [-0.39, 0.29) is 10.9 Å². The van der Waals surface area contributed by atoms with Gasteiger partial charge in [0.25, 0.3) is 0 Å². The first-order valence-electron chi connectivity index (χ1n) is 9.08. The Labute approximate surface area is 163 Å². The third-order valence-corrected chi connectivity index (χ3v) is 6.76. The van der Waals surface area contributed by atoms with E-state index in [1.165, 1.54) is 11.4 Å².